The number of carbonyl (C=O) groups excluding carboxylic acids is 3. The number of hydrogen-bond acceptors (Lipinski definition) is 8. The molecule has 0 bridgehead atoms. The first-order chi connectivity index (χ1) is 21.6. The van der Waals surface area contributed by atoms with Gasteiger partial charge >= 0.3 is 5.97 Å². The third-order valence-corrected chi connectivity index (χ3v) is 8.92. The molecule has 0 saturated carbocycles. The monoisotopic (exact) mass is 608 g/mol. The van der Waals surface area contributed by atoms with Crippen molar-refractivity contribution in [2.45, 2.75) is 50.7 Å². The van der Waals surface area contributed by atoms with E-state index in [1.165, 1.54) is 0 Å². The molecule has 4 aromatic rings. The van der Waals surface area contributed by atoms with Gasteiger partial charge in [-0.25, -0.2) is 4.98 Å². The van der Waals surface area contributed by atoms with E-state index in [0.29, 0.717) is 59.8 Å². The molecule has 6 rings (SSSR count). The highest BCUT2D eigenvalue weighted by molar-refractivity contribution is 6.01. The van der Waals surface area contributed by atoms with Gasteiger partial charge in [-0.1, -0.05) is 42.5 Å². The van der Waals surface area contributed by atoms with Gasteiger partial charge in [0.05, 0.1) is 31.6 Å². The molecule has 45 heavy (non-hydrogen) atoms. The number of methoxy groups -OCH3 is 2. The summed E-state index contributed by atoms with van der Waals surface area (Å²) in [6.45, 7) is 4.58. The number of piperidine rings is 1. The summed E-state index contributed by atoms with van der Waals surface area (Å²) in [5.41, 5.74) is 1.20. The molecular formula is C36H36N2O7. The van der Waals surface area contributed by atoms with Crippen molar-refractivity contribution < 1.29 is 33.3 Å². The highest BCUT2D eigenvalue weighted by atomic mass is 16.5. The van der Waals surface area contributed by atoms with Gasteiger partial charge in [-0.3, -0.25) is 14.4 Å². The van der Waals surface area contributed by atoms with Gasteiger partial charge in [-0.05, 0) is 49.2 Å². The first-order valence-corrected chi connectivity index (χ1v) is 15.0. The van der Waals surface area contributed by atoms with Crippen molar-refractivity contribution >= 4 is 28.6 Å². The van der Waals surface area contributed by atoms with Crippen molar-refractivity contribution in [3.05, 3.63) is 95.2 Å². The lowest BCUT2D eigenvalue weighted by molar-refractivity contribution is -0.150. The number of ether oxygens (including phenoxy) is 4. The fraction of sp³-hybridized carbons (Fsp3) is 0.333. The zero-order valence-corrected chi connectivity index (χ0v) is 25.9. The number of amides is 1. The third-order valence-electron chi connectivity index (χ3n) is 8.92. The van der Waals surface area contributed by atoms with Crippen LogP contribution < -0.4 is 14.2 Å². The van der Waals surface area contributed by atoms with E-state index in [2.05, 4.69) is 4.98 Å². The van der Waals surface area contributed by atoms with E-state index in [1.54, 1.807) is 57.2 Å². The van der Waals surface area contributed by atoms with Crippen LogP contribution in [0, 0.1) is 0 Å². The Hall–Kier alpha value is -4.92. The topological polar surface area (TPSA) is 104 Å². The van der Waals surface area contributed by atoms with Crippen molar-refractivity contribution in [2.75, 3.05) is 27.3 Å². The number of fused-ring (bicyclic) bond motifs is 2. The lowest BCUT2D eigenvalue weighted by atomic mass is 9.79. The summed E-state index contributed by atoms with van der Waals surface area (Å²) in [7, 11) is 3.12. The number of ketones is 1. The van der Waals surface area contributed by atoms with Crippen LogP contribution in [0.2, 0.25) is 0 Å². The number of pyridine rings is 1. The van der Waals surface area contributed by atoms with Gasteiger partial charge in [0.1, 0.15) is 40.7 Å². The summed E-state index contributed by atoms with van der Waals surface area (Å²) in [5, 5.41) is 0.759. The number of para-hydroxylation sites is 1. The van der Waals surface area contributed by atoms with Gasteiger partial charge in [-0.2, -0.15) is 0 Å². The smallest absolute Gasteiger partial charge is 0.316 e. The standard InChI is InChI=1S/C36H36N2O7/c1-35(2,34(41)44-22-23-9-6-5-7-10-23)24-13-14-29-26(19-24)28(39)21-36(45-29)15-17-38(18-16-36)33(40)27-20-31(43-4)25-11-8-12-30(42-3)32(25)37-27/h5-14,19-20H,15-18,21-22H2,1-4H3. The summed E-state index contributed by atoms with van der Waals surface area (Å²) in [5.74, 6) is 0.961. The largest absolute Gasteiger partial charge is 0.496 e. The summed E-state index contributed by atoms with van der Waals surface area (Å²) in [6, 6.07) is 22.0. The molecule has 2 aliphatic heterocycles. The first kappa shape index (κ1) is 30.1. The maximum Gasteiger partial charge on any atom is 0.316 e. The summed E-state index contributed by atoms with van der Waals surface area (Å²) in [6.07, 6.45) is 1.19. The van der Waals surface area contributed by atoms with Crippen LogP contribution in [0.4, 0.5) is 0 Å². The highest BCUT2D eigenvalue weighted by Gasteiger charge is 2.44. The van der Waals surface area contributed by atoms with Gasteiger partial charge in [0, 0.05) is 37.4 Å². The number of nitrogens with zero attached hydrogens (tertiary/aromatic N) is 2. The van der Waals surface area contributed by atoms with Gasteiger partial charge in [0.2, 0.25) is 0 Å². The molecule has 0 atom stereocenters. The van der Waals surface area contributed by atoms with E-state index in [0.717, 1.165) is 10.9 Å². The molecule has 9 heteroatoms. The zero-order valence-electron chi connectivity index (χ0n) is 25.9. The number of aromatic nitrogens is 1. The van der Waals surface area contributed by atoms with Crippen LogP contribution in [0.1, 0.15) is 65.1 Å². The number of benzene rings is 3. The van der Waals surface area contributed by atoms with Gasteiger partial charge in [0.25, 0.3) is 5.91 Å². The van der Waals surface area contributed by atoms with Gasteiger partial charge in [0.15, 0.2) is 5.78 Å². The molecule has 232 valence electrons. The quantitative estimate of drug-likeness (QED) is 0.239. The van der Waals surface area contributed by atoms with E-state index in [-0.39, 0.29) is 36.4 Å². The minimum absolute atomic E-state index is 0.0423. The van der Waals surface area contributed by atoms with E-state index < -0.39 is 11.0 Å². The molecule has 1 spiro atoms. The van der Waals surface area contributed by atoms with Gasteiger partial charge < -0.3 is 23.8 Å². The molecule has 2 aliphatic rings. The molecule has 0 aliphatic carbocycles. The molecule has 1 fully saturated rings. The van der Waals surface area contributed by atoms with E-state index in [1.807, 2.05) is 48.5 Å². The molecule has 1 saturated heterocycles. The first-order valence-electron chi connectivity index (χ1n) is 15.0. The van der Waals surface area contributed by atoms with E-state index >= 15 is 0 Å². The summed E-state index contributed by atoms with van der Waals surface area (Å²) >= 11 is 0. The molecular weight excluding hydrogens is 572 g/mol. The summed E-state index contributed by atoms with van der Waals surface area (Å²) < 4.78 is 23.1. The fourth-order valence-electron chi connectivity index (χ4n) is 6.10. The van der Waals surface area contributed by atoms with Crippen LogP contribution in [0.3, 0.4) is 0 Å². The second-order valence-electron chi connectivity index (χ2n) is 12.1. The van der Waals surface area contributed by atoms with Crippen LogP contribution in [-0.2, 0) is 21.6 Å². The van der Waals surface area contributed by atoms with Crippen LogP contribution in [0.25, 0.3) is 10.9 Å². The maximum atomic E-state index is 13.6. The van der Waals surface area contributed by atoms with Crippen LogP contribution in [-0.4, -0.2) is 60.5 Å². The number of carbonyl (C=O) groups is 3. The predicted molar refractivity (Wildman–Crippen MR) is 168 cm³/mol. The van der Waals surface area contributed by atoms with Crippen LogP contribution in [0.15, 0.2) is 72.8 Å². The Bertz CT molecular complexity index is 1780. The van der Waals surface area contributed by atoms with E-state index in [4.69, 9.17) is 18.9 Å². The Morgan fingerprint density at radius 2 is 1.67 bits per heavy atom. The van der Waals surface area contributed by atoms with Crippen molar-refractivity contribution in [1.29, 1.82) is 0 Å². The molecule has 1 aromatic heterocycles. The molecule has 3 aromatic carbocycles. The number of hydrogen-bond donors (Lipinski definition) is 0. The Kier molecular flexibility index (Phi) is 7.95. The number of Topliss-reactive ketones (excluding diaryl/α,β-unsaturated/α-hetero) is 1. The lowest BCUT2D eigenvalue weighted by Gasteiger charge is -2.44. The predicted octanol–water partition coefficient (Wildman–Crippen LogP) is 5.91. The maximum absolute atomic E-state index is 13.6. The molecule has 0 radical (unpaired) electrons. The number of likely N-dealkylation sites (tertiary alicyclic amines) is 1. The SMILES string of the molecule is COc1cc(C(=O)N2CCC3(CC2)CC(=O)c2cc(C(C)(C)C(=O)OCc4ccccc4)ccc2O3)nc2c(OC)cccc12. The minimum Gasteiger partial charge on any atom is -0.496 e. The van der Waals surface area contributed by atoms with E-state index in [9.17, 15) is 14.4 Å². The molecule has 9 nitrogen and oxygen atoms in total. The molecule has 0 unspecified atom stereocenters. The molecule has 1 amide bonds. The average Bonchev–Trinajstić information content (AvgIpc) is 3.06. The second kappa shape index (κ2) is 11.9. The molecule has 0 N–H and O–H groups in total. The Morgan fingerprint density at radius 1 is 0.933 bits per heavy atom. The number of rotatable bonds is 7. The van der Waals surface area contributed by atoms with Gasteiger partial charge in [-0.15, -0.1) is 0 Å². The average molecular weight is 609 g/mol. The van der Waals surface area contributed by atoms with Crippen LogP contribution in [0.5, 0.6) is 17.2 Å². The summed E-state index contributed by atoms with van der Waals surface area (Å²) in [4.78, 5) is 46.5. The normalized spacial score (nSPS) is 15.7. The van der Waals surface area contributed by atoms with Crippen LogP contribution >= 0.6 is 0 Å². The minimum atomic E-state index is -0.964. The fourth-order valence-corrected chi connectivity index (χ4v) is 6.10. The Labute approximate surface area is 262 Å². The van der Waals surface area contributed by atoms with Crippen molar-refractivity contribution in [1.82, 2.24) is 9.88 Å². The lowest BCUT2D eigenvalue weighted by Crippen LogP contribution is -2.52. The van der Waals surface area contributed by atoms with Crippen molar-refractivity contribution in [3.8, 4) is 17.2 Å². The Balaban J connectivity index is 1.15. The second-order valence-corrected chi connectivity index (χ2v) is 12.1. The third kappa shape index (κ3) is 5.70. The molecule has 3 heterocycles. The number of esters is 1. The van der Waals surface area contributed by atoms with Crippen molar-refractivity contribution in [2.24, 2.45) is 0 Å². The zero-order chi connectivity index (χ0) is 31.8. The Morgan fingerprint density at radius 3 is 2.38 bits per heavy atom. The highest BCUT2D eigenvalue weighted by Crippen LogP contribution is 2.41. The van der Waals surface area contributed by atoms with Crippen molar-refractivity contribution in [3.63, 3.8) is 0 Å².